The third kappa shape index (κ3) is 4.52. The predicted molar refractivity (Wildman–Crippen MR) is 90.2 cm³/mol. The number of aryl methyl sites for hydroxylation is 1. The first-order chi connectivity index (χ1) is 9.88. The molecule has 0 aliphatic heterocycles. The van der Waals surface area contributed by atoms with Crippen molar-refractivity contribution in [3.05, 3.63) is 23.8 Å². The second kappa shape index (κ2) is 8.27. The Labute approximate surface area is 136 Å². The van der Waals surface area contributed by atoms with Crippen LogP contribution in [-0.4, -0.2) is 50.8 Å². The van der Waals surface area contributed by atoms with Gasteiger partial charge in [-0.1, -0.05) is 0 Å². The highest BCUT2D eigenvalue weighted by atomic mass is 35.5. The summed E-state index contributed by atoms with van der Waals surface area (Å²) in [5.41, 5.74) is 0.688. The molecule has 0 aliphatic rings. The molecular formula is C14H22ClNO3S2. The van der Waals surface area contributed by atoms with Crippen molar-refractivity contribution in [1.29, 1.82) is 0 Å². The van der Waals surface area contributed by atoms with E-state index >= 15 is 0 Å². The molecule has 0 radical (unpaired) electrons. The van der Waals surface area contributed by atoms with E-state index in [-0.39, 0.29) is 6.04 Å². The molecule has 0 fully saturated rings. The maximum atomic E-state index is 12.8. The van der Waals surface area contributed by atoms with Crippen molar-refractivity contribution in [3.8, 4) is 5.75 Å². The lowest BCUT2D eigenvalue weighted by molar-refractivity contribution is 0.410. The maximum absolute atomic E-state index is 12.8. The van der Waals surface area contributed by atoms with E-state index in [1.165, 1.54) is 4.31 Å². The highest BCUT2D eigenvalue weighted by molar-refractivity contribution is 7.98. The fourth-order valence-corrected chi connectivity index (χ4v) is 4.56. The van der Waals surface area contributed by atoms with E-state index in [2.05, 4.69) is 0 Å². The number of nitrogens with zero attached hydrogens (tertiary/aromatic N) is 1. The van der Waals surface area contributed by atoms with Gasteiger partial charge in [0.25, 0.3) is 0 Å². The zero-order valence-electron chi connectivity index (χ0n) is 12.8. The van der Waals surface area contributed by atoms with E-state index in [4.69, 9.17) is 16.3 Å². The van der Waals surface area contributed by atoms with Gasteiger partial charge < -0.3 is 4.74 Å². The molecule has 1 aromatic carbocycles. The molecule has 120 valence electrons. The van der Waals surface area contributed by atoms with Gasteiger partial charge in [0.2, 0.25) is 10.0 Å². The molecule has 1 rings (SSSR count). The number of thioether (sulfide) groups is 1. The lowest BCUT2D eigenvalue weighted by atomic mass is 10.1. The Morgan fingerprint density at radius 1 is 1.43 bits per heavy atom. The number of methoxy groups -OCH3 is 1. The van der Waals surface area contributed by atoms with Gasteiger partial charge in [-0.25, -0.2) is 8.42 Å². The highest BCUT2D eigenvalue weighted by Crippen LogP contribution is 2.26. The number of hydrogen-bond acceptors (Lipinski definition) is 4. The van der Waals surface area contributed by atoms with Gasteiger partial charge in [-0.3, -0.25) is 0 Å². The average molecular weight is 352 g/mol. The van der Waals surface area contributed by atoms with Crippen LogP contribution in [0.5, 0.6) is 5.75 Å². The standard InChI is InChI=1S/C14H22ClNO3S2/c1-11(10-20-4)16(2)21(17,18)14-6-5-13(19-3)9-12(14)7-8-15/h5-6,9,11H,7-8,10H2,1-4H3. The van der Waals surface area contributed by atoms with E-state index in [0.717, 1.165) is 5.75 Å². The summed E-state index contributed by atoms with van der Waals surface area (Å²) in [5, 5.41) is 0. The van der Waals surface area contributed by atoms with Gasteiger partial charge in [-0.2, -0.15) is 16.1 Å². The van der Waals surface area contributed by atoms with Crippen LogP contribution in [0.25, 0.3) is 0 Å². The molecule has 1 aromatic rings. The van der Waals surface area contributed by atoms with E-state index in [1.54, 1.807) is 44.1 Å². The maximum Gasteiger partial charge on any atom is 0.243 e. The Morgan fingerprint density at radius 3 is 2.62 bits per heavy atom. The van der Waals surface area contributed by atoms with Crippen molar-refractivity contribution in [2.45, 2.75) is 24.3 Å². The van der Waals surface area contributed by atoms with Crippen LogP contribution in [0.1, 0.15) is 12.5 Å². The summed E-state index contributed by atoms with van der Waals surface area (Å²) in [5.74, 6) is 1.74. The number of ether oxygens (including phenoxy) is 1. The summed E-state index contributed by atoms with van der Waals surface area (Å²) in [6.07, 6.45) is 2.45. The van der Waals surface area contributed by atoms with Crippen LogP contribution in [0.15, 0.2) is 23.1 Å². The SMILES string of the molecule is COc1ccc(S(=O)(=O)N(C)C(C)CSC)c(CCCl)c1. The lowest BCUT2D eigenvalue weighted by Gasteiger charge is -2.25. The average Bonchev–Trinajstić information content (AvgIpc) is 2.46. The minimum Gasteiger partial charge on any atom is -0.497 e. The first-order valence-electron chi connectivity index (χ1n) is 6.58. The predicted octanol–water partition coefficient (Wildman–Crippen LogP) is 2.85. The van der Waals surface area contributed by atoms with Crippen LogP contribution >= 0.6 is 23.4 Å². The Kier molecular flexibility index (Phi) is 7.33. The second-order valence-electron chi connectivity index (χ2n) is 4.74. The Balaban J connectivity index is 3.23. The molecule has 1 unspecified atom stereocenters. The Morgan fingerprint density at radius 2 is 2.10 bits per heavy atom. The molecule has 7 heteroatoms. The molecular weight excluding hydrogens is 330 g/mol. The molecule has 0 aromatic heterocycles. The number of halogens is 1. The van der Waals surface area contributed by atoms with Crippen molar-refractivity contribution in [1.82, 2.24) is 4.31 Å². The van der Waals surface area contributed by atoms with Crippen LogP contribution in [0.4, 0.5) is 0 Å². The van der Waals surface area contributed by atoms with Crippen LogP contribution in [0.3, 0.4) is 0 Å². The van der Waals surface area contributed by atoms with Gasteiger partial charge in [0.05, 0.1) is 12.0 Å². The van der Waals surface area contributed by atoms with E-state index < -0.39 is 10.0 Å². The number of alkyl halides is 1. The zero-order chi connectivity index (χ0) is 16.0. The summed E-state index contributed by atoms with van der Waals surface area (Å²) in [6, 6.07) is 4.93. The summed E-state index contributed by atoms with van der Waals surface area (Å²) in [6.45, 7) is 1.90. The fraction of sp³-hybridized carbons (Fsp3) is 0.571. The van der Waals surface area contributed by atoms with Gasteiger partial charge >= 0.3 is 0 Å². The molecule has 0 amide bonds. The molecule has 0 aliphatic carbocycles. The second-order valence-corrected chi connectivity index (χ2v) is 7.99. The molecule has 21 heavy (non-hydrogen) atoms. The number of sulfonamides is 1. The first-order valence-corrected chi connectivity index (χ1v) is 9.95. The molecule has 0 bridgehead atoms. The molecule has 0 N–H and O–H groups in total. The van der Waals surface area contributed by atoms with Crippen molar-refractivity contribution >= 4 is 33.4 Å². The summed E-state index contributed by atoms with van der Waals surface area (Å²) in [4.78, 5) is 0.305. The fourth-order valence-electron chi connectivity index (χ4n) is 1.97. The third-order valence-corrected chi connectivity index (χ3v) is 6.39. The monoisotopic (exact) mass is 351 g/mol. The quantitative estimate of drug-likeness (QED) is 0.676. The summed E-state index contributed by atoms with van der Waals surface area (Å²) in [7, 11) is -0.360. The van der Waals surface area contributed by atoms with Gasteiger partial charge in [-0.05, 0) is 43.4 Å². The van der Waals surface area contributed by atoms with E-state index in [9.17, 15) is 8.42 Å². The number of hydrogen-bond donors (Lipinski definition) is 0. The smallest absolute Gasteiger partial charge is 0.243 e. The molecule has 1 atom stereocenters. The first kappa shape index (κ1) is 18.6. The molecule has 4 nitrogen and oxygen atoms in total. The van der Waals surface area contributed by atoms with Crippen LogP contribution in [0, 0.1) is 0 Å². The van der Waals surface area contributed by atoms with Gasteiger partial charge in [-0.15, -0.1) is 11.6 Å². The largest absolute Gasteiger partial charge is 0.497 e. The summed E-state index contributed by atoms with van der Waals surface area (Å²) >= 11 is 7.42. The van der Waals surface area contributed by atoms with Gasteiger partial charge in [0.1, 0.15) is 5.75 Å². The van der Waals surface area contributed by atoms with Crippen molar-refractivity contribution in [2.24, 2.45) is 0 Å². The molecule has 0 heterocycles. The van der Waals surface area contributed by atoms with Gasteiger partial charge in [0, 0.05) is 24.7 Å². The molecule has 0 saturated carbocycles. The van der Waals surface area contributed by atoms with Crippen LogP contribution < -0.4 is 4.74 Å². The van der Waals surface area contributed by atoms with E-state index in [0.29, 0.717) is 28.5 Å². The normalized spacial score (nSPS) is 13.4. The van der Waals surface area contributed by atoms with Crippen LogP contribution in [0.2, 0.25) is 0 Å². The Hall–Kier alpha value is -0.430. The lowest BCUT2D eigenvalue weighted by Crippen LogP contribution is -2.37. The van der Waals surface area contributed by atoms with Crippen molar-refractivity contribution in [2.75, 3.05) is 32.0 Å². The minimum absolute atomic E-state index is 0.0732. The van der Waals surface area contributed by atoms with Crippen LogP contribution in [-0.2, 0) is 16.4 Å². The summed E-state index contributed by atoms with van der Waals surface area (Å²) < 4.78 is 32.1. The number of rotatable bonds is 8. The third-order valence-electron chi connectivity index (χ3n) is 3.32. The molecule has 0 spiro atoms. The van der Waals surface area contributed by atoms with Crippen molar-refractivity contribution in [3.63, 3.8) is 0 Å². The highest BCUT2D eigenvalue weighted by Gasteiger charge is 2.27. The topological polar surface area (TPSA) is 46.6 Å². The minimum atomic E-state index is -3.53. The number of benzene rings is 1. The molecule has 0 saturated heterocycles. The van der Waals surface area contributed by atoms with Crippen molar-refractivity contribution < 1.29 is 13.2 Å². The van der Waals surface area contributed by atoms with E-state index in [1.807, 2.05) is 13.2 Å². The zero-order valence-corrected chi connectivity index (χ0v) is 15.2. The Bertz CT molecular complexity index is 563. The van der Waals surface area contributed by atoms with Gasteiger partial charge in [0.15, 0.2) is 0 Å².